The Kier molecular flexibility index (Phi) is 69.8. The highest BCUT2D eigenvalue weighted by atomic mass is 32.1. The van der Waals surface area contributed by atoms with E-state index in [9.17, 15) is 0 Å². The third-order valence-electron chi connectivity index (χ3n) is 4.37. The normalized spacial score (nSPS) is 10.1. The van der Waals surface area contributed by atoms with Crippen molar-refractivity contribution in [3.05, 3.63) is 0 Å². The van der Waals surface area contributed by atoms with E-state index in [1.54, 1.807) is 18.8 Å². The first kappa shape index (κ1) is 53.3. The predicted molar refractivity (Wildman–Crippen MR) is 184 cm³/mol. The molecule has 0 saturated heterocycles. The van der Waals surface area contributed by atoms with Gasteiger partial charge in [0, 0.05) is 26.4 Å². The Bertz CT molecular complexity index is 333. The quantitative estimate of drug-likeness (QED) is 0.0716. The molecule has 0 aliphatic heterocycles. The van der Waals surface area contributed by atoms with Crippen LogP contribution in [0, 0.1) is 5.41 Å². The van der Waals surface area contributed by atoms with Gasteiger partial charge in [-0.25, -0.2) is 0 Å². The number of thiol groups is 3. The van der Waals surface area contributed by atoms with Gasteiger partial charge in [-0.15, -0.1) is 0 Å². The Morgan fingerprint density at radius 2 is 0.575 bits per heavy atom. The van der Waals surface area contributed by atoms with E-state index in [4.69, 9.17) is 37.9 Å². The Morgan fingerprint density at radius 1 is 0.350 bits per heavy atom. The standard InChI is InChI=1S/C24H50O8.3CH4S.2CH4/c1-5-9-26-13-17-30-21-24(20-29-16-12-25-8-4,22-31-18-14-27-10-6-2)23-32-19-15-28-11-7-3;3*1-2;;/h5-23H2,1-4H3;3*2H,1H3;2*1H4. The first-order chi connectivity index (χ1) is 18.7. The lowest BCUT2D eigenvalue weighted by atomic mass is 9.92. The molecule has 0 rings (SSSR count). The second-order valence-electron chi connectivity index (χ2n) is 7.74. The minimum absolute atomic E-state index is 0. The molecule has 0 aromatic rings. The average molecular weight is 643 g/mol. The van der Waals surface area contributed by atoms with Gasteiger partial charge in [0.15, 0.2) is 0 Å². The molecule has 0 aromatic heterocycles. The van der Waals surface area contributed by atoms with E-state index in [0.29, 0.717) is 85.9 Å². The second kappa shape index (κ2) is 52.4. The zero-order valence-corrected chi connectivity index (χ0v) is 28.2. The van der Waals surface area contributed by atoms with Gasteiger partial charge >= 0.3 is 0 Å². The molecule has 0 amide bonds. The smallest absolute Gasteiger partial charge is 0.0700 e. The first-order valence-corrected chi connectivity index (χ1v) is 16.4. The Balaban J connectivity index is -0.000000336. The molecule has 0 aliphatic rings. The van der Waals surface area contributed by atoms with Gasteiger partial charge in [-0.05, 0) is 45.0 Å². The van der Waals surface area contributed by atoms with Gasteiger partial charge in [-0.1, -0.05) is 35.6 Å². The molecule has 8 nitrogen and oxygen atoms in total. The molecule has 0 spiro atoms. The molecular weight excluding hydrogens is 573 g/mol. The van der Waals surface area contributed by atoms with Crippen LogP contribution in [0.15, 0.2) is 0 Å². The Labute approximate surface area is 266 Å². The molecule has 0 saturated carbocycles. The van der Waals surface area contributed by atoms with Crippen LogP contribution in [0.5, 0.6) is 0 Å². The van der Waals surface area contributed by atoms with Gasteiger partial charge in [0.1, 0.15) is 0 Å². The van der Waals surface area contributed by atoms with Crippen LogP contribution >= 0.6 is 37.9 Å². The van der Waals surface area contributed by atoms with Gasteiger partial charge in [0.25, 0.3) is 0 Å². The number of ether oxygens (including phenoxy) is 8. The highest BCUT2D eigenvalue weighted by molar-refractivity contribution is 7.79. The van der Waals surface area contributed by atoms with Crippen LogP contribution in [0.4, 0.5) is 0 Å². The average Bonchev–Trinajstić information content (AvgIpc) is 2.97. The van der Waals surface area contributed by atoms with Crippen LogP contribution in [-0.2, 0) is 37.9 Å². The van der Waals surface area contributed by atoms with E-state index in [1.165, 1.54) is 0 Å². The van der Waals surface area contributed by atoms with Crippen molar-refractivity contribution in [1.82, 2.24) is 0 Å². The molecule has 0 aromatic carbocycles. The summed E-state index contributed by atoms with van der Waals surface area (Å²) in [4.78, 5) is 0. The fourth-order valence-electron chi connectivity index (χ4n) is 2.76. The molecule has 0 unspecified atom stereocenters. The van der Waals surface area contributed by atoms with Gasteiger partial charge in [0.05, 0.1) is 84.7 Å². The van der Waals surface area contributed by atoms with E-state index in [-0.39, 0.29) is 14.9 Å². The molecule has 0 atom stereocenters. The maximum absolute atomic E-state index is 5.96. The van der Waals surface area contributed by atoms with E-state index in [0.717, 1.165) is 39.1 Å². The highest BCUT2D eigenvalue weighted by Crippen LogP contribution is 2.21. The van der Waals surface area contributed by atoms with E-state index < -0.39 is 5.41 Å². The fourth-order valence-corrected chi connectivity index (χ4v) is 2.76. The third kappa shape index (κ3) is 43.2. The molecule has 40 heavy (non-hydrogen) atoms. The predicted octanol–water partition coefficient (Wildman–Crippen LogP) is 6.27. The first-order valence-electron chi connectivity index (χ1n) is 13.7. The highest BCUT2D eigenvalue weighted by Gasteiger charge is 2.32. The molecule has 0 fully saturated rings. The van der Waals surface area contributed by atoms with Crippen LogP contribution in [-0.4, -0.2) is 124 Å². The maximum atomic E-state index is 5.96. The zero-order valence-electron chi connectivity index (χ0n) is 25.5. The monoisotopic (exact) mass is 642 g/mol. The fraction of sp³-hybridized carbons (Fsp3) is 1.00. The molecule has 0 radical (unpaired) electrons. The molecule has 11 heteroatoms. The van der Waals surface area contributed by atoms with E-state index in [1.807, 2.05) is 6.92 Å². The molecule has 0 N–H and O–H groups in total. The summed E-state index contributed by atoms with van der Waals surface area (Å²) in [5.41, 5.74) is -0.424. The largest absolute Gasteiger partial charge is 0.379 e. The summed E-state index contributed by atoms with van der Waals surface area (Å²) >= 11 is 10.6. The van der Waals surface area contributed by atoms with Crippen molar-refractivity contribution in [2.75, 3.05) is 124 Å². The minimum atomic E-state index is -0.424. The summed E-state index contributed by atoms with van der Waals surface area (Å²) in [6.45, 7) is 17.4. The Hall–Kier alpha value is 0.730. The molecule has 0 bridgehead atoms. The lowest BCUT2D eigenvalue weighted by Crippen LogP contribution is -2.42. The van der Waals surface area contributed by atoms with Crippen molar-refractivity contribution in [2.24, 2.45) is 5.41 Å². The van der Waals surface area contributed by atoms with Crippen molar-refractivity contribution in [2.45, 2.75) is 61.8 Å². The van der Waals surface area contributed by atoms with Gasteiger partial charge < -0.3 is 37.9 Å². The summed E-state index contributed by atoms with van der Waals surface area (Å²) in [5.74, 6) is 0. The van der Waals surface area contributed by atoms with E-state index in [2.05, 4.69) is 58.7 Å². The van der Waals surface area contributed by atoms with E-state index >= 15 is 0 Å². The lowest BCUT2D eigenvalue weighted by molar-refractivity contribution is -0.121. The van der Waals surface area contributed by atoms with Crippen molar-refractivity contribution in [3.8, 4) is 0 Å². The number of hydrogen-bond acceptors (Lipinski definition) is 11. The van der Waals surface area contributed by atoms with Crippen LogP contribution < -0.4 is 0 Å². The summed E-state index contributed by atoms with van der Waals surface area (Å²) in [7, 11) is 0. The third-order valence-corrected chi connectivity index (χ3v) is 4.37. The summed E-state index contributed by atoms with van der Waals surface area (Å²) in [5, 5.41) is 0. The summed E-state index contributed by atoms with van der Waals surface area (Å²) in [6, 6.07) is 0. The van der Waals surface area contributed by atoms with Gasteiger partial charge in [-0.2, -0.15) is 37.9 Å². The molecular formula is C29H70O8S3. The van der Waals surface area contributed by atoms with Crippen LogP contribution in [0.25, 0.3) is 0 Å². The summed E-state index contributed by atoms with van der Waals surface area (Å²) < 4.78 is 45.8. The van der Waals surface area contributed by atoms with Crippen molar-refractivity contribution in [3.63, 3.8) is 0 Å². The zero-order chi connectivity index (χ0) is 29.6. The SMILES string of the molecule is C.C.CCCOCCOCC(COCCOCC)(COCCOCCC)COCCOCCC.CS.CS.CS. The Morgan fingerprint density at radius 3 is 0.800 bits per heavy atom. The summed E-state index contributed by atoms with van der Waals surface area (Å²) in [6.07, 6.45) is 8.08. The lowest BCUT2D eigenvalue weighted by Gasteiger charge is -2.33. The second-order valence-corrected chi connectivity index (χ2v) is 7.74. The topological polar surface area (TPSA) is 73.8 Å². The molecule has 0 aliphatic carbocycles. The minimum Gasteiger partial charge on any atom is -0.379 e. The molecule has 252 valence electrons. The van der Waals surface area contributed by atoms with Gasteiger partial charge in [-0.3, -0.25) is 0 Å². The van der Waals surface area contributed by atoms with Gasteiger partial charge in [0.2, 0.25) is 0 Å². The van der Waals surface area contributed by atoms with Crippen LogP contribution in [0.2, 0.25) is 0 Å². The van der Waals surface area contributed by atoms with Crippen LogP contribution in [0.1, 0.15) is 61.8 Å². The maximum Gasteiger partial charge on any atom is 0.0700 e. The number of rotatable bonds is 27. The van der Waals surface area contributed by atoms with Crippen LogP contribution in [0.3, 0.4) is 0 Å². The van der Waals surface area contributed by atoms with Crippen molar-refractivity contribution < 1.29 is 37.9 Å². The molecule has 0 heterocycles. The van der Waals surface area contributed by atoms with Crippen molar-refractivity contribution in [1.29, 1.82) is 0 Å². The number of hydrogen-bond donors (Lipinski definition) is 3. The van der Waals surface area contributed by atoms with Crippen molar-refractivity contribution >= 4 is 37.9 Å².